The Kier molecular flexibility index (Phi) is 3.89. The number of hydrogen-bond donors (Lipinski definition) is 2. The molecule has 102 valence electrons. The van der Waals surface area contributed by atoms with Crippen molar-refractivity contribution in [2.45, 2.75) is 4.90 Å². The maximum Gasteiger partial charge on any atom is 0.263 e. The fourth-order valence-corrected chi connectivity index (χ4v) is 3.19. The molecule has 20 heavy (non-hydrogen) atoms. The minimum Gasteiger partial charge on any atom is -0.399 e. The number of sulfonamides is 1. The van der Waals surface area contributed by atoms with Gasteiger partial charge >= 0.3 is 0 Å². The molecule has 4 nitrogen and oxygen atoms in total. The molecule has 0 aliphatic rings. The molecular formula is C14H11ClN2O2S. The Labute approximate surface area is 122 Å². The highest BCUT2D eigenvalue weighted by Gasteiger charge is 2.18. The van der Waals surface area contributed by atoms with Gasteiger partial charge < -0.3 is 5.73 Å². The van der Waals surface area contributed by atoms with Crippen LogP contribution in [0.5, 0.6) is 0 Å². The highest BCUT2D eigenvalue weighted by atomic mass is 35.5. The van der Waals surface area contributed by atoms with Crippen LogP contribution in [0.15, 0.2) is 47.4 Å². The predicted molar refractivity (Wildman–Crippen MR) is 81.0 cm³/mol. The van der Waals surface area contributed by atoms with Crippen molar-refractivity contribution in [3.8, 4) is 12.3 Å². The van der Waals surface area contributed by atoms with Gasteiger partial charge in [-0.3, -0.25) is 4.72 Å². The van der Waals surface area contributed by atoms with Gasteiger partial charge in [-0.25, -0.2) is 8.42 Å². The molecule has 3 N–H and O–H groups in total. The van der Waals surface area contributed by atoms with E-state index in [1.165, 1.54) is 18.2 Å². The van der Waals surface area contributed by atoms with E-state index in [0.29, 0.717) is 16.9 Å². The van der Waals surface area contributed by atoms with Crippen LogP contribution in [-0.4, -0.2) is 8.42 Å². The molecule has 0 saturated carbocycles. The van der Waals surface area contributed by atoms with E-state index < -0.39 is 10.0 Å². The number of nitrogens with two attached hydrogens (primary N) is 1. The molecule has 0 heterocycles. The number of benzene rings is 2. The van der Waals surface area contributed by atoms with Gasteiger partial charge in [0.25, 0.3) is 10.0 Å². The van der Waals surface area contributed by atoms with Crippen LogP contribution in [0.1, 0.15) is 5.56 Å². The van der Waals surface area contributed by atoms with E-state index in [1.807, 2.05) is 0 Å². The summed E-state index contributed by atoms with van der Waals surface area (Å²) in [6.45, 7) is 0. The molecule has 0 aliphatic carbocycles. The minimum atomic E-state index is -3.82. The van der Waals surface area contributed by atoms with E-state index in [-0.39, 0.29) is 9.92 Å². The Morgan fingerprint density at radius 2 is 1.95 bits per heavy atom. The minimum absolute atomic E-state index is 0.0784. The molecule has 0 spiro atoms. The smallest absolute Gasteiger partial charge is 0.263 e. The van der Waals surface area contributed by atoms with Gasteiger partial charge in [0.2, 0.25) is 0 Å². The molecule has 0 fully saturated rings. The SMILES string of the molecule is C#Cc1cccc(NS(=O)(=O)c2cc(N)ccc2Cl)c1. The van der Waals surface area contributed by atoms with Crippen molar-refractivity contribution in [1.29, 1.82) is 0 Å². The van der Waals surface area contributed by atoms with Crippen LogP contribution < -0.4 is 10.5 Å². The third-order valence-electron chi connectivity index (χ3n) is 2.53. The Hall–Kier alpha value is -2.16. The van der Waals surface area contributed by atoms with E-state index in [1.54, 1.807) is 24.3 Å². The molecular weight excluding hydrogens is 296 g/mol. The Bertz CT molecular complexity index is 795. The predicted octanol–water partition coefficient (Wildman–Crippen LogP) is 2.70. The second kappa shape index (κ2) is 5.45. The first kappa shape index (κ1) is 14.3. The number of rotatable bonds is 3. The molecule has 0 amide bonds. The maximum atomic E-state index is 12.3. The highest BCUT2D eigenvalue weighted by Crippen LogP contribution is 2.26. The fraction of sp³-hybridized carbons (Fsp3) is 0. The second-order valence-corrected chi connectivity index (χ2v) is 6.08. The van der Waals surface area contributed by atoms with Gasteiger partial charge in [-0.2, -0.15) is 0 Å². The summed E-state index contributed by atoms with van der Waals surface area (Å²) < 4.78 is 27.0. The van der Waals surface area contributed by atoms with Crippen molar-refractivity contribution >= 4 is 33.0 Å². The molecule has 0 atom stereocenters. The second-order valence-electron chi connectivity index (χ2n) is 4.02. The summed E-state index contributed by atoms with van der Waals surface area (Å²) in [6.07, 6.45) is 5.27. The van der Waals surface area contributed by atoms with Crippen molar-refractivity contribution < 1.29 is 8.42 Å². The molecule has 0 radical (unpaired) electrons. The van der Waals surface area contributed by atoms with Crippen LogP contribution in [0.2, 0.25) is 5.02 Å². The van der Waals surface area contributed by atoms with Crippen molar-refractivity contribution in [1.82, 2.24) is 0 Å². The van der Waals surface area contributed by atoms with Crippen molar-refractivity contribution in [3.63, 3.8) is 0 Å². The number of hydrogen-bond acceptors (Lipinski definition) is 3. The lowest BCUT2D eigenvalue weighted by Gasteiger charge is -2.10. The number of terminal acetylenes is 1. The van der Waals surface area contributed by atoms with Gasteiger partial charge in [-0.15, -0.1) is 6.42 Å². The van der Waals surface area contributed by atoms with Gasteiger partial charge in [0.05, 0.1) is 10.7 Å². The van der Waals surface area contributed by atoms with Gasteiger partial charge in [-0.1, -0.05) is 23.6 Å². The van der Waals surface area contributed by atoms with Crippen LogP contribution in [0.3, 0.4) is 0 Å². The average molecular weight is 307 g/mol. The van der Waals surface area contributed by atoms with E-state index in [0.717, 1.165) is 0 Å². The Morgan fingerprint density at radius 1 is 1.20 bits per heavy atom. The molecule has 2 rings (SSSR count). The quantitative estimate of drug-likeness (QED) is 0.676. The number of nitrogens with one attached hydrogen (secondary N) is 1. The van der Waals surface area contributed by atoms with Crippen molar-refractivity contribution in [2.24, 2.45) is 0 Å². The zero-order valence-corrected chi connectivity index (χ0v) is 11.9. The summed E-state index contributed by atoms with van der Waals surface area (Å²) in [4.78, 5) is -0.0784. The zero-order valence-electron chi connectivity index (χ0n) is 10.3. The summed E-state index contributed by atoms with van der Waals surface area (Å²) in [5.74, 6) is 2.43. The van der Waals surface area contributed by atoms with Gasteiger partial charge in [0.1, 0.15) is 4.90 Å². The van der Waals surface area contributed by atoms with Crippen LogP contribution >= 0.6 is 11.6 Å². The molecule has 6 heteroatoms. The van der Waals surface area contributed by atoms with E-state index in [9.17, 15) is 8.42 Å². The van der Waals surface area contributed by atoms with Crippen LogP contribution in [0.25, 0.3) is 0 Å². The standard InChI is InChI=1S/C14H11ClN2O2S/c1-2-10-4-3-5-12(8-10)17-20(18,19)14-9-11(16)6-7-13(14)15/h1,3-9,17H,16H2. The van der Waals surface area contributed by atoms with Crippen LogP contribution in [0, 0.1) is 12.3 Å². The number of halogens is 1. The third-order valence-corrected chi connectivity index (χ3v) is 4.39. The van der Waals surface area contributed by atoms with Crippen LogP contribution in [-0.2, 0) is 10.0 Å². The lowest BCUT2D eigenvalue weighted by Crippen LogP contribution is -2.13. The molecule has 2 aromatic rings. The lowest BCUT2D eigenvalue weighted by molar-refractivity contribution is 0.601. The Morgan fingerprint density at radius 3 is 2.65 bits per heavy atom. The Balaban J connectivity index is 2.41. The van der Waals surface area contributed by atoms with Gasteiger partial charge in [0.15, 0.2) is 0 Å². The molecule has 0 saturated heterocycles. The summed E-state index contributed by atoms with van der Waals surface area (Å²) in [6, 6.07) is 10.8. The molecule has 0 aromatic heterocycles. The van der Waals surface area contributed by atoms with Gasteiger partial charge in [-0.05, 0) is 36.4 Å². The third kappa shape index (κ3) is 3.05. The monoisotopic (exact) mass is 306 g/mol. The normalized spacial score (nSPS) is 10.8. The van der Waals surface area contributed by atoms with Crippen molar-refractivity contribution in [2.75, 3.05) is 10.5 Å². The van der Waals surface area contributed by atoms with E-state index >= 15 is 0 Å². The molecule has 2 aromatic carbocycles. The highest BCUT2D eigenvalue weighted by molar-refractivity contribution is 7.92. The topological polar surface area (TPSA) is 72.2 Å². The summed E-state index contributed by atoms with van der Waals surface area (Å²) in [7, 11) is -3.82. The fourth-order valence-electron chi connectivity index (χ4n) is 1.61. The number of nitrogen functional groups attached to an aromatic ring is 1. The summed E-state index contributed by atoms with van der Waals surface area (Å²) in [5, 5.41) is 0.0970. The lowest BCUT2D eigenvalue weighted by atomic mass is 10.2. The summed E-state index contributed by atoms with van der Waals surface area (Å²) in [5.41, 5.74) is 6.83. The first-order valence-corrected chi connectivity index (χ1v) is 7.43. The number of anilines is 2. The average Bonchev–Trinajstić information content (AvgIpc) is 2.41. The van der Waals surface area contributed by atoms with Crippen LogP contribution in [0.4, 0.5) is 11.4 Å². The van der Waals surface area contributed by atoms with Crippen molar-refractivity contribution in [3.05, 3.63) is 53.1 Å². The van der Waals surface area contributed by atoms with Gasteiger partial charge in [0, 0.05) is 11.3 Å². The zero-order chi connectivity index (χ0) is 14.8. The van der Waals surface area contributed by atoms with E-state index in [2.05, 4.69) is 10.6 Å². The maximum absolute atomic E-state index is 12.3. The molecule has 0 unspecified atom stereocenters. The molecule has 0 aliphatic heterocycles. The first-order chi connectivity index (χ1) is 9.42. The molecule has 0 bridgehead atoms. The largest absolute Gasteiger partial charge is 0.399 e. The van der Waals surface area contributed by atoms with E-state index in [4.69, 9.17) is 23.8 Å². The summed E-state index contributed by atoms with van der Waals surface area (Å²) >= 11 is 5.90. The first-order valence-electron chi connectivity index (χ1n) is 5.57.